The zero-order chi connectivity index (χ0) is 19.1. The van der Waals surface area contributed by atoms with Gasteiger partial charge in [0.1, 0.15) is 0 Å². The highest BCUT2D eigenvalue weighted by Crippen LogP contribution is 2.17. The summed E-state index contributed by atoms with van der Waals surface area (Å²) in [5.74, 6) is -0.232. The smallest absolute Gasteiger partial charge is 0.253 e. The van der Waals surface area contributed by atoms with Gasteiger partial charge in [-0.25, -0.2) is 0 Å². The summed E-state index contributed by atoms with van der Waals surface area (Å²) >= 11 is 0. The van der Waals surface area contributed by atoms with E-state index in [0.29, 0.717) is 37.4 Å². The van der Waals surface area contributed by atoms with Crippen LogP contribution in [0.15, 0.2) is 54.6 Å². The van der Waals surface area contributed by atoms with E-state index in [4.69, 9.17) is 4.74 Å². The number of para-hydroxylation sites is 1. The van der Waals surface area contributed by atoms with Crippen LogP contribution in [-0.2, 0) is 4.74 Å². The van der Waals surface area contributed by atoms with Crippen molar-refractivity contribution in [2.45, 2.75) is 0 Å². The minimum atomic E-state index is -0.199. The minimum absolute atomic E-state index is 0.0331. The third-order valence-electron chi connectivity index (χ3n) is 4.65. The summed E-state index contributed by atoms with van der Waals surface area (Å²) in [6, 6.07) is 17.1. The zero-order valence-electron chi connectivity index (χ0n) is 15.6. The fourth-order valence-corrected chi connectivity index (χ4v) is 3.15. The van der Waals surface area contributed by atoms with Crippen LogP contribution in [0.1, 0.15) is 20.7 Å². The molecule has 0 radical (unpaired) electrons. The van der Waals surface area contributed by atoms with Gasteiger partial charge in [0.25, 0.3) is 11.8 Å². The lowest BCUT2D eigenvalue weighted by molar-refractivity contribution is 0.0747. The largest absolute Gasteiger partial charge is 0.383 e. The Morgan fingerprint density at radius 3 is 2.37 bits per heavy atom. The van der Waals surface area contributed by atoms with E-state index in [0.717, 1.165) is 13.1 Å². The Morgan fingerprint density at radius 1 is 0.963 bits per heavy atom. The average Bonchev–Trinajstić information content (AvgIpc) is 2.74. The summed E-state index contributed by atoms with van der Waals surface area (Å²) < 4.78 is 4.93. The van der Waals surface area contributed by atoms with E-state index in [1.54, 1.807) is 31.4 Å². The van der Waals surface area contributed by atoms with Crippen molar-refractivity contribution in [3.05, 3.63) is 65.7 Å². The SMILES string of the molecule is COCCNC(=O)c1cccc(C(=O)N2CCN(c3ccccc3)CC2)c1. The lowest BCUT2D eigenvalue weighted by atomic mass is 10.1. The van der Waals surface area contributed by atoms with Crippen LogP contribution in [-0.4, -0.2) is 63.2 Å². The molecule has 2 amide bonds. The van der Waals surface area contributed by atoms with Crippen LogP contribution >= 0.6 is 0 Å². The van der Waals surface area contributed by atoms with Gasteiger partial charge in [0.2, 0.25) is 0 Å². The van der Waals surface area contributed by atoms with E-state index >= 15 is 0 Å². The number of nitrogens with zero attached hydrogens (tertiary/aromatic N) is 2. The molecule has 0 spiro atoms. The fraction of sp³-hybridized carbons (Fsp3) is 0.333. The van der Waals surface area contributed by atoms with Gasteiger partial charge in [0, 0.05) is 56.6 Å². The van der Waals surface area contributed by atoms with Crippen molar-refractivity contribution in [1.29, 1.82) is 0 Å². The van der Waals surface area contributed by atoms with Crippen molar-refractivity contribution >= 4 is 17.5 Å². The second-order valence-corrected chi connectivity index (χ2v) is 6.44. The molecule has 1 aliphatic heterocycles. The number of carbonyl (C=O) groups excluding carboxylic acids is 2. The van der Waals surface area contributed by atoms with Gasteiger partial charge >= 0.3 is 0 Å². The van der Waals surface area contributed by atoms with Crippen LogP contribution in [0.5, 0.6) is 0 Å². The van der Waals surface area contributed by atoms with Crippen molar-refractivity contribution in [3.8, 4) is 0 Å². The summed E-state index contributed by atoms with van der Waals surface area (Å²) in [4.78, 5) is 29.1. The van der Waals surface area contributed by atoms with E-state index in [-0.39, 0.29) is 11.8 Å². The molecule has 0 saturated carbocycles. The first-order valence-electron chi connectivity index (χ1n) is 9.15. The highest BCUT2D eigenvalue weighted by Gasteiger charge is 2.22. The summed E-state index contributed by atoms with van der Waals surface area (Å²) in [5, 5.41) is 2.77. The number of hydrogen-bond donors (Lipinski definition) is 1. The Bertz CT molecular complexity index is 771. The van der Waals surface area contributed by atoms with Crippen LogP contribution < -0.4 is 10.2 Å². The van der Waals surface area contributed by atoms with Gasteiger partial charge < -0.3 is 19.9 Å². The summed E-state index contributed by atoms with van der Waals surface area (Å²) in [7, 11) is 1.59. The van der Waals surface area contributed by atoms with Gasteiger partial charge in [0.05, 0.1) is 6.61 Å². The molecule has 1 N–H and O–H groups in total. The van der Waals surface area contributed by atoms with Crippen molar-refractivity contribution in [3.63, 3.8) is 0 Å². The molecule has 6 nitrogen and oxygen atoms in total. The summed E-state index contributed by atoms with van der Waals surface area (Å²) in [6.45, 7) is 3.82. The van der Waals surface area contributed by atoms with Gasteiger partial charge in [-0.3, -0.25) is 9.59 Å². The second-order valence-electron chi connectivity index (χ2n) is 6.44. The number of anilines is 1. The van der Waals surface area contributed by atoms with Gasteiger partial charge in [-0.15, -0.1) is 0 Å². The number of benzene rings is 2. The molecule has 0 aromatic heterocycles. The van der Waals surface area contributed by atoms with E-state index in [9.17, 15) is 9.59 Å². The number of amides is 2. The fourth-order valence-electron chi connectivity index (χ4n) is 3.15. The van der Waals surface area contributed by atoms with E-state index in [1.165, 1.54) is 5.69 Å². The first-order valence-corrected chi connectivity index (χ1v) is 9.15. The molecule has 0 aliphatic carbocycles. The molecule has 27 heavy (non-hydrogen) atoms. The lowest BCUT2D eigenvalue weighted by Crippen LogP contribution is -2.48. The maximum absolute atomic E-state index is 12.8. The first kappa shape index (κ1) is 18.9. The van der Waals surface area contributed by atoms with Gasteiger partial charge in [0.15, 0.2) is 0 Å². The molecule has 1 fully saturated rings. The molecular weight excluding hydrogens is 342 g/mol. The minimum Gasteiger partial charge on any atom is -0.383 e. The van der Waals surface area contributed by atoms with Crippen molar-refractivity contribution in [2.24, 2.45) is 0 Å². The van der Waals surface area contributed by atoms with Crippen LogP contribution in [0.3, 0.4) is 0 Å². The van der Waals surface area contributed by atoms with Crippen LogP contribution in [0.25, 0.3) is 0 Å². The molecule has 1 aliphatic rings. The molecule has 142 valence electrons. The Hall–Kier alpha value is -2.86. The van der Waals surface area contributed by atoms with Gasteiger partial charge in [-0.05, 0) is 30.3 Å². The maximum atomic E-state index is 12.8. The molecule has 0 unspecified atom stereocenters. The first-order chi connectivity index (χ1) is 13.2. The van der Waals surface area contributed by atoms with Crippen molar-refractivity contribution in [1.82, 2.24) is 10.2 Å². The highest BCUT2D eigenvalue weighted by atomic mass is 16.5. The number of rotatable bonds is 6. The standard InChI is InChI=1S/C21H25N3O3/c1-27-15-10-22-20(25)17-6-5-7-18(16-17)21(26)24-13-11-23(12-14-24)19-8-3-2-4-9-19/h2-9,16H,10-15H2,1H3,(H,22,25). The molecule has 2 aromatic rings. The summed E-state index contributed by atoms with van der Waals surface area (Å²) in [6.07, 6.45) is 0. The molecular formula is C21H25N3O3. The average molecular weight is 367 g/mol. The van der Waals surface area contributed by atoms with Crippen LogP contribution in [0.4, 0.5) is 5.69 Å². The third-order valence-corrected chi connectivity index (χ3v) is 4.65. The maximum Gasteiger partial charge on any atom is 0.253 e. The Kier molecular flexibility index (Phi) is 6.44. The predicted molar refractivity (Wildman–Crippen MR) is 105 cm³/mol. The number of hydrogen-bond acceptors (Lipinski definition) is 4. The molecule has 2 aromatic carbocycles. The third kappa shape index (κ3) is 4.86. The molecule has 0 atom stereocenters. The Labute approximate surface area is 159 Å². The van der Waals surface area contributed by atoms with Crippen molar-refractivity contribution in [2.75, 3.05) is 51.3 Å². The van der Waals surface area contributed by atoms with E-state index < -0.39 is 0 Å². The zero-order valence-corrected chi connectivity index (χ0v) is 15.6. The number of piperazine rings is 1. The van der Waals surface area contributed by atoms with Crippen LogP contribution in [0, 0.1) is 0 Å². The molecule has 3 rings (SSSR count). The molecule has 1 heterocycles. The Balaban J connectivity index is 1.60. The van der Waals surface area contributed by atoms with E-state index in [1.807, 2.05) is 23.1 Å². The highest BCUT2D eigenvalue weighted by molar-refractivity contribution is 5.99. The molecule has 6 heteroatoms. The number of methoxy groups -OCH3 is 1. The van der Waals surface area contributed by atoms with E-state index in [2.05, 4.69) is 22.3 Å². The number of nitrogens with one attached hydrogen (secondary N) is 1. The quantitative estimate of drug-likeness (QED) is 0.794. The van der Waals surface area contributed by atoms with Crippen molar-refractivity contribution < 1.29 is 14.3 Å². The normalized spacial score (nSPS) is 14.1. The molecule has 0 bridgehead atoms. The lowest BCUT2D eigenvalue weighted by Gasteiger charge is -2.36. The topological polar surface area (TPSA) is 61.9 Å². The second kappa shape index (κ2) is 9.19. The number of carbonyl (C=O) groups is 2. The summed E-state index contributed by atoms with van der Waals surface area (Å²) in [5.41, 5.74) is 2.21. The van der Waals surface area contributed by atoms with Gasteiger partial charge in [-0.1, -0.05) is 24.3 Å². The van der Waals surface area contributed by atoms with Crippen LogP contribution in [0.2, 0.25) is 0 Å². The number of ether oxygens (including phenoxy) is 1. The predicted octanol–water partition coefficient (Wildman–Crippen LogP) is 2.03. The van der Waals surface area contributed by atoms with Gasteiger partial charge in [-0.2, -0.15) is 0 Å². The molecule has 1 saturated heterocycles. The monoisotopic (exact) mass is 367 g/mol. The Morgan fingerprint density at radius 2 is 1.67 bits per heavy atom.